The summed E-state index contributed by atoms with van der Waals surface area (Å²) in [6.07, 6.45) is 7.20. The summed E-state index contributed by atoms with van der Waals surface area (Å²) < 4.78 is 5.39. The fourth-order valence-electron chi connectivity index (χ4n) is 2.87. The molecule has 1 N–H and O–H groups in total. The summed E-state index contributed by atoms with van der Waals surface area (Å²) in [5.74, 6) is 1.17. The Labute approximate surface area is 143 Å². The van der Waals surface area contributed by atoms with E-state index in [1.807, 2.05) is 71.9 Å². The van der Waals surface area contributed by atoms with Crippen LogP contribution >= 0.6 is 0 Å². The van der Waals surface area contributed by atoms with Gasteiger partial charge < -0.3 is 9.88 Å². The predicted molar refractivity (Wildman–Crippen MR) is 91.4 cm³/mol. The topological polar surface area (TPSA) is 82.0 Å². The highest BCUT2D eigenvalue weighted by molar-refractivity contribution is 5.97. The Morgan fingerprint density at radius 3 is 2.68 bits per heavy atom. The second kappa shape index (κ2) is 5.90. The Morgan fingerprint density at radius 1 is 1.12 bits per heavy atom. The highest BCUT2D eigenvalue weighted by Gasteiger charge is 2.21. The average Bonchev–Trinajstić information content (AvgIpc) is 3.33. The quantitative estimate of drug-likeness (QED) is 0.616. The fraction of sp³-hybridized carbons (Fsp3) is 0.176. The Morgan fingerprint density at radius 2 is 1.88 bits per heavy atom. The van der Waals surface area contributed by atoms with Crippen molar-refractivity contribution in [2.45, 2.75) is 13.0 Å². The molecule has 25 heavy (non-hydrogen) atoms. The van der Waals surface area contributed by atoms with Gasteiger partial charge in [0.2, 0.25) is 0 Å². The molecule has 1 amide bonds. The van der Waals surface area contributed by atoms with E-state index in [9.17, 15) is 4.79 Å². The maximum atomic E-state index is 12.8. The van der Waals surface area contributed by atoms with Crippen molar-refractivity contribution >= 4 is 11.6 Å². The number of nitrogens with zero attached hydrogens (tertiary/aromatic N) is 6. The maximum Gasteiger partial charge on any atom is 0.257 e. The normalized spacial score (nSPS) is 12.4. The first kappa shape index (κ1) is 15.1. The molecule has 0 saturated carbocycles. The molecule has 4 aromatic heterocycles. The van der Waals surface area contributed by atoms with Gasteiger partial charge in [0.1, 0.15) is 11.4 Å². The van der Waals surface area contributed by atoms with E-state index < -0.39 is 0 Å². The maximum absolute atomic E-state index is 12.8. The monoisotopic (exact) mass is 335 g/mol. The Hall–Kier alpha value is -3.42. The molecule has 0 aliphatic heterocycles. The molecule has 8 heteroatoms. The summed E-state index contributed by atoms with van der Waals surface area (Å²) in [5, 5.41) is 15.5. The number of hydrogen-bond donors (Lipinski definition) is 1. The van der Waals surface area contributed by atoms with E-state index >= 15 is 0 Å². The summed E-state index contributed by atoms with van der Waals surface area (Å²) in [4.78, 5) is 12.8. The van der Waals surface area contributed by atoms with Crippen LogP contribution in [0.5, 0.6) is 0 Å². The summed E-state index contributed by atoms with van der Waals surface area (Å²) in [6.45, 7) is 1.88. The number of carbonyl (C=O) groups is 1. The number of aromatic nitrogens is 6. The molecular weight excluding hydrogens is 318 g/mol. The van der Waals surface area contributed by atoms with Gasteiger partial charge in [-0.3, -0.25) is 13.9 Å². The smallest absolute Gasteiger partial charge is 0.257 e. The zero-order valence-corrected chi connectivity index (χ0v) is 13.9. The first-order valence-corrected chi connectivity index (χ1v) is 7.91. The SMILES string of the molecule is CC(NC(=O)c1cnn(C)c1-n1cccc1)c1nnc2ccccn12. The van der Waals surface area contributed by atoms with Crippen LogP contribution in [0, 0.1) is 0 Å². The molecule has 0 fully saturated rings. The lowest BCUT2D eigenvalue weighted by atomic mass is 10.2. The molecule has 1 unspecified atom stereocenters. The van der Waals surface area contributed by atoms with Gasteiger partial charge in [0.05, 0.1) is 12.2 Å². The zero-order chi connectivity index (χ0) is 17.4. The van der Waals surface area contributed by atoms with E-state index in [2.05, 4.69) is 20.6 Å². The van der Waals surface area contributed by atoms with Crippen LogP contribution < -0.4 is 5.32 Å². The third kappa shape index (κ3) is 2.57. The number of amides is 1. The van der Waals surface area contributed by atoms with Crippen molar-refractivity contribution in [2.24, 2.45) is 7.05 Å². The number of carbonyl (C=O) groups excluding carboxylic acids is 1. The van der Waals surface area contributed by atoms with Crippen molar-refractivity contribution in [3.05, 3.63) is 66.5 Å². The van der Waals surface area contributed by atoms with Gasteiger partial charge >= 0.3 is 0 Å². The molecule has 0 spiro atoms. The summed E-state index contributed by atoms with van der Waals surface area (Å²) in [6, 6.07) is 9.17. The minimum Gasteiger partial charge on any atom is -0.342 e. The Bertz CT molecular complexity index is 1030. The number of fused-ring (bicyclic) bond motifs is 1. The number of nitrogens with one attached hydrogen (secondary N) is 1. The van der Waals surface area contributed by atoms with E-state index in [0.717, 1.165) is 5.65 Å². The van der Waals surface area contributed by atoms with Gasteiger partial charge in [0.15, 0.2) is 11.5 Å². The number of rotatable bonds is 4. The third-order valence-electron chi connectivity index (χ3n) is 4.08. The van der Waals surface area contributed by atoms with Crippen LogP contribution in [0.25, 0.3) is 11.5 Å². The lowest BCUT2D eigenvalue weighted by Crippen LogP contribution is -2.28. The molecule has 0 aliphatic carbocycles. The van der Waals surface area contributed by atoms with Gasteiger partial charge in [-0.1, -0.05) is 6.07 Å². The van der Waals surface area contributed by atoms with Crippen LogP contribution in [-0.4, -0.2) is 34.9 Å². The third-order valence-corrected chi connectivity index (χ3v) is 4.08. The van der Waals surface area contributed by atoms with Gasteiger partial charge in [-0.25, -0.2) is 0 Å². The lowest BCUT2D eigenvalue weighted by Gasteiger charge is -2.13. The van der Waals surface area contributed by atoms with E-state index in [-0.39, 0.29) is 11.9 Å². The molecule has 0 aliphatic rings. The van der Waals surface area contributed by atoms with Crippen molar-refractivity contribution in [3.63, 3.8) is 0 Å². The van der Waals surface area contributed by atoms with Gasteiger partial charge in [-0.2, -0.15) is 5.10 Å². The van der Waals surface area contributed by atoms with Gasteiger partial charge in [-0.05, 0) is 31.2 Å². The van der Waals surface area contributed by atoms with Crippen LogP contribution in [0.3, 0.4) is 0 Å². The summed E-state index contributed by atoms with van der Waals surface area (Å²) in [7, 11) is 1.81. The number of pyridine rings is 1. The molecule has 8 nitrogen and oxygen atoms in total. The molecule has 0 radical (unpaired) electrons. The molecule has 0 saturated heterocycles. The minimum absolute atomic E-state index is 0.211. The summed E-state index contributed by atoms with van der Waals surface area (Å²) in [5.41, 5.74) is 1.24. The number of hydrogen-bond acceptors (Lipinski definition) is 4. The van der Waals surface area contributed by atoms with Crippen LogP contribution in [0.15, 0.2) is 55.1 Å². The van der Waals surface area contributed by atoms with E-state index in [0.29, 0.717) is 17.2 Å². The van der Waals surface area contributed by atoms with E-state index in [4.69, 9.17) is 0 Å². The molecule has 4 heterocycles. The van der Waals surface area contributed by atoms with Crippen molar-refractivity contribution < 1.29 is 4.79 Å². The average molecular weight is 335 g/mol. The lowest BCUT2D eigenvalue weighted by molar-refractivity contribution is 0.0938. The predicted octanol–water partition coefficient (Wildman–Crippen LogP) is 1.74. The van der Waals surface area contributed by atoms with Gasteiger partial charge in [0.25, 0.3) is 5.91 Å². The van der Waals surface area contributed by atoms with Crippen LogP contribution in [-0.2, 0) is 7.05 Å². The second-order valence-electron chi connectivity index (χ2n) is 5.78. The fourth-order valence-corrected chi connectivity index (χ4v) is 2.87. The standard InChI is InChI=1S/C17H17N7O/c1-12(15-21-20-14-7-3-4-10-24(14)15)19-16(25)13-11-18-22(2)17(13)23-8-5-6-9-23/h3-12H,1-2H3,(H,19,25). The zero-order valence-electron chi connectivity index (χ0n) is 13.9. The van der Waals surface area contributed by atoms with Crippen LogP contribution in [0.4, 0.5) is 0 Å². The van der Waals surface area contributed by atoms with E-state index in [1.165, 1.54) is 0 Å². The molecule has 0 aromatic carbocycles. The summed E-state index contributed by atoms with van der Waals surface area (Å²) >= 11 is 0. The highest BCUT2D eigenvalue weighted by Crippen LogP contribution is 2.17. The van der Waals surface area contributed by atoms with Gasteiger partial charge in [-0.15, -0.1) is 10.2 Å². The molecular formula is C17H17N7O. The van der Waals surface area contributed by atoms with Crippen molar-refractivity contribution in [3.8, 4) is 5.82 Å². The van der Waals surface area contributed by atoms with Crippen molar-refractivity contribution in [2.75, 3.05) is 0 Å². The second-order valence-corrected chi connectivity index (χ2v) is 5.78. The molecule has 1 atom stereocenters. The van der Waals surface area contributed by atoms with Crippen molar-refractivity contribution in [1.29, 1.82) is 0 Å². The number of aryl methyl sites for hydroxylation is 1. The molecule has 4 aromatic rings. The van der Waals surface area contributed by atoms with Crippen molar-refractivity contribution in [1.82, 2.24) is 34.3 Å². The Balaban J connectivity index is 1.63. The largest absolute Gasteiger partial charge is 0.342 e. The first-order chi connectivity index (χ1) is 12.1. The molecule has 4 rings (SSSR count). The highest BCUT2D eigenvalue weighted by atomic mass is 16.1. The van der Waals surface area contributed by atoms with Crippen LogP contribution in [0.1, 0.15) is 29.1 Å². The molecule has 0 bridgehead atoms. The van der Waals surface area contributed by atoms with Gasteiger partial charge in [0, 0.05) is 25.6 Å². The Kier molecular flexibility index (Phi) is 3.57. The van der Waals surface area contributed by atoms with Crippen LogP contribution in [0.2, 0.25) is 0 Å². The van der Waals surface area contributed by atoms with E-state index in [1.54, 1.807) is 10.9 Å². The molecule has 126 valence electrons. The first-order valence-electron chi connectivity index (χ1n) is 7.91. The minimum atomic E-state index is -0.303.